The lowest BCUT2D eigenvalue weighted by Crippen LogP contribution is -2.41. The van der Waals surface area contributed by atoms with Gasteiger partial charge in [0.1, 0.15) is 21.3 Å². The molecule has 1 amide bonds. The normalized spacial score (nSPS) is 18.8. The second kappa shape index (κ2) is 5.54. The molecule has 0 radical (unpaired) electrons. The number of nitrogens with zero attached hydrogens (tertiary/aromatic N) is 1. The van der Waals surface area contributed by atoms with Gasteiger partial charge < -0.3 is 10.7 Å². The average molecular weight is 284 g/mol. The fourth-order valence-corrected chi connectivity index (χ4v) is 3.43. The van der Waals surface area contributed by atoms with Gasteiger partial charge in [0.2, 0.25) is 0 Å². The molecule has 4 N–H and O–H groups in total. The Kier molecular flexibility index (Phi) is 4.01. The number of nitrogens with one attached hydrogen (secondary N) is 2. The van der Waals surface area contributed by atoms with Gasteiger partial charge in [-0.25, -0.2) is 19.2 Å². The molecule has 2 rings (SSSR count). The molecule has 1 aliphatic heterocycles. The van der Waals surface area contributed by atoms with E-state index in [1.165, 1.54) is 0 Å². The number of aromatic nitrogens is 1. The Bertz CT molecular complexity index is 559. The number of nitrogens with two attached hydrogens (primary N) is 1. The van der Waals surface area contributed by atoms with Crippen molar-refractivity contribution in [1.82, 2.24) is 10.3 Å². The van der Waals surface area contributed by atoms with Gasteiger partial charge in [0, 0.05) is 6.04 Å². The lowest BCUT2D eigenvalue weighted by Gasteiger charge is -2.22. The third kappa shape index (κ3) is 3.65. The highest BCUT2D eigenvalue weighted by Gasteiger charge is 2.25. The minimum absolute atomic E-state index is 0.118. The number of carbonyl (C=O) groups is 1. The summed E-state index contributed by atoms with van der Waals surface area (Å²) >= 11 is 0. The van der Waals surface area contributed by atoms with Gasteiger partial charge in [-0.1, -0.05) is 6.07 Å². The highest BCUT2D eigenvalue weighted by atomic mass is 32.2. The van der Waals surface area contributed by atoms with E-state index in [-0.39, 0.29) is 29.1 Å². The third-order valence-corrected chi connectivity index (χ3v) is 4.73. The quantitative estimate of drug-likeness (QED) is 0.517. The van der Waals surface area contributed by atoms with E-state index >= 15 is 0 Å². The average Bonchev–Trinajstić information content (AvgIpc) is 2.41. The van der Waals surface area contributed by atoms with Crippen molar-refractivity contribution in [3.63, 3.8) is 0 Å². The summed E-state index contributed by atoms with van der Waals surface area (Å²) in [6.07, 6.45) is 0.895. The van der Waals surface area contributed by atoms with E-state index in [0.29, 0.717) is 18.7 Å². The molecule has 19 heavy (non-hydrogen) atoms. The van der Waals surface area contributed by atoms with Crippen molar-refractivity contribution in [2.24, 2.45) is 5.84 Å². The Morgan fingerprint density at radius 1 is 1.32 bits per heavy atom. The van der Waals surface area contributed by atoms with E-state index in [4.69, 9.17) is 5.84 Å². The van der Waals surface area contributed by atoms with Gasteiger partial charge in [-0.2, -0.15) is 0 Å². The Morgan fingerprint density at radius 2 is 2.00 bits per heavy atom. The number of sulfone groups is 1. The van der Waals surface area contributed by atoms with Crippen LogP contribution in [-0.2, 0) is 9.84 Å². The smallest absolute Gasteiger partial charge is 0.270 e. The van der Waals surface area contributed by atoms with Crippen LogP contribution in [0.15, 0.2) is 18.2 Å². The standard InChI is InChI=1S/C11H16N4O3S/c12-15-10-3-1-2-9(14-10)11(16)13-8-4-6-19(17,18)7-5-8/h1-3,8H,4-7,12H2,(H,13,16)(H,14,15). The first kappa shape index (κ1) is 13.8. The Labute approximate surface area is 111 Å². The molecule has 0 unspecified atom stereocenters. The van der Waals surface area contributed by atoms with E-state index in [1.807, 2.05) is 0 Å². The zero-order valence-electron chi connectivity index (χ0n) is 10.3. The van der Waals surface area contributed by atoms with Crippen LogP contribution in [0.2, 0.25) is 0 Å². The van der Waals surface area contributed by atoms with E-state index in [2.05, 4.69) is 15.7 Å². The maximum Gasteiger partial charge on any atom is 0.270 e. The van der Waals surface area contributed by atoms with Crippen molar-refractivity contribution in [3.05, 3.63) is 23.9 Å². The summed E-state index contributed by atoms with van der Waals surface area (Å²) in [6, 6.07) is 4.77. The van der Waals surface area contributed by atoms with Crippen molar-refractivity contribution in [1.29, 1.82) is 0 Å². The molecular formula is C11H16N4O3S. The van der Waals surface area contributed by atoms with Crippen LogP contribution < -0.4 is 16.6 Å². The summed E-state index contributed by atoms with van der Waals surface area (Å²) in [6.45, 7) is 0. The molecule has 1 aromatic heterocycles. The number of pyridine rings is 1. The second-order valence-electron chi connectivity index (χ2n) is 4.45. The van der Waals surface area contributed by atoms with Crippen molar-refractivity contribution >= 4 is 21.6 Å². The molecule has 0 atom stereocenters. The lowest BCUT2D eigenvalue weighted by atomic mass is 10.1. The molecular weight excluding hydrogens is 268 g/mol. The molecule has 1 aromatic rings. The number of anilines is 1. The van der Waals surface area contributed by atoms with Crippen molar-refractivity contribution in [2.45, 2.75) is 18.9 Å². The minimum atomic E-state index is -2.92. The molecule has 0 bridgehead atoms. The molecule has 8 heteroatoms. The van der Waals surface area contributed by atoms with Crippen molar-refractivity contribution in [2.75, 3.05) is 16.9 Å². The number of amides is 1. The molecule has 1 fully saturated rings. The van der Waals surface area contributed by atoms with Crippen LogP contribution in [0.3, 0.4) is 0 Å². The van der Waals surface area contributed by atoms with Crippen LogP contribution in [0.4, 0.5) is 5.82 Å². The number of rotatable bonds is 3. The summed E-state index contributed by atoms with van der Waals surface area (Å²) < 4.78 is 22.6. The molecule has 104 valence electrons. The second-order valence-corrected chi connectivity index (χ2v) is 6.76. The van der Waals surface area contributed by atoms with Crippen LogP contribution >= 0.6 is 0 Å². The van der Waals surface area contributed by atoms with E-state index in [1.54, 1.807) is 18.2 Å². The van der Waals surface area contributed by atoms with Gasteiger partial charge in [-0.3, -0.25) is 4.79 Å². The summed E-state index contributed by atoms with van der Waals surface area (Å²) in [5.74, 6) is 5.55. The van der Waals surface area contributed by atoms with Crippen LogP contribution in [-0.4, -0.2) is 36.9 Å². The molecule has 0 aromatic carbocycles. The largest absolute Gasteiger partial charge is 0.348 e. The Hall–Kier alpha value is -1.67. The van der Waals surface area contributed by atoms with Crippen LogP contribution in [0, 0.1) is 0 Å². The fourth-order valence-electron chi connectivity index (χ4n) is 1.94. The highest BCUT2D eigenvalue weighted by molar-refractivity contribution is 7.91. The monoisotopic (exact) mass is 284 g/mol. The Balaban J connectivity index is 1.98. The van der Waals surface area contributed by atoms with Crippen LogP contribution in [0.1, 0.15) is 23.3 Å². The maximum absolute atomic E-state index is 12.0. The zero-order valence-corrected chi connectivity index (χ0v) is 11.1. The minimum Gasteiger partial charge on any atom is -0.348 e. The molecule has 1 aliphatic rings. The van der Waals surface area contributed by atoms with Crippen LogP contribution in [0.5, 0.6) is 0 Å². The van der Waals surface area contributed by atoms with Gasteiger partial charge in [0.15, 0.2) is 0 Å². The number of carbonyl (C=O) groups excluding carboxylic acids is 1. The fraction of sp³-hybridized carbons (Fsp3) is 0.455. The van der Waals surface area contributed by atoms with E-state index < -0.39 is 9.84 Å². The number of nitrogen functional groups attached to an aromatic ring is 1. The molecule has 0 aliphatic carbocycles. The summed E-state index contributed by atoms with van der Waals surface area (Å²) in [7, 11) is -2.92. The molecule has 0 saturated carbocycles. The topological polar surface area (TPSA) is 114 Å². The van der Waals surface area contributed by atoms with Crippen molar-refractivity contribution < 1.29 is 13.2 Å². The SMILES string of the molecule is NNc1cccc(C(=O)NC2CCS(=O)(=O)CC2)n1. The summed E-state index contributed by atoms with van der Waals surface area (Å²) in [5, 5.41) is 2.79. The molecule has 0 spiro atoms. The predicted molar refractivity (Wildman–Crippen MR) is 71.2 cm³/mol. The summed E-state index contributed by atoms with van der Waals surface area (Å²) in [5.41, 5.74) is 2.62. The first-order valence-electron chi connectivity index (χ1n) is 5.95. The van der Waals surface area contributed by atoms with Crippen molar-refractivity contribution in [3.8, 4) is 0 Å². The van der Waals surface area contributed by atoms with Gasteiger partial charge in [0.25, 0.3) is 5.91 Å². The van der Waals surface area contributed by atoms with Gasteiger partial charge in [-0.05, 0) is 25.0 Å². The first-order valence-corrected chi connectivity index (χ1v) is 7.77. The predicted octanol–water partition coefficient (Wildman–Crippen LogP) is -0.326. The third-order valence-electron chi connectivity index (χ3n) is 3.02. The van der Waals surface area contributed by atoms with Gasteiger partial charge in [-0.15, -0.1) is 0 Å². The Morgan fingerprint density at radius 3 is 2.63 bits per heavy atom. The lowest BCUT2D eigenvalue weighted by molar-refractivity contribution is 0.0929. The molecule has 2 heterocycles. The number of hydrogen-bond donors (Lipinski definition) is 3. The highest BCUT2D eigenvalue weighted by Crippen LogP contribution is 2.13. The number of hydrazine groups is 1. The zero-order chi connectivity index (χ0) is 13.9. The van der Waals surface area contributed by atoms with E-state index in [9.17, 15) is 13.2 Å². The number of hydrogen-bond acceptors (Lipinski definition) is 6. The molecule has 1 saturated heterocycles. The van der Waals surface area contributed by atoms with Gasteiger partial charge in [0.05, 0.1) is 11.5 Å². The maximum atomic E-state index is 12.0. The first-order chi connectivity index (χ1) is 9.00. The van der Waals surface area contributed by atoms with E-state index in [0.717, 1.165) is 0 Å². The molecule has 7 nitrogen and oxygen atoms in total. The van der Waals surface area contributed by atoms with Crippen LogP contribution in [0.25, 0.3) is 0 Å². The summed E-state index contributed by atoms with van der Waals surface area (Å²) in [4.78, 5) is 16.0. The van der Waals surface area contributed by atoms with Gasteiger partial charge >= 0.3 is 0 Å².